The summed E-state index contributed by atoms with van der Waals surface area (Å²) in [5, 5.41) is 9.90. The molecule has 0 aliphatic carbocycles. The third kappa shape index (κ3) is 3.94. The van der Waals surface area contributed by atoms with Gasteiger partial charge in [0.1, 0.15) is 11.5 Å². The number of aromatic hydroxyl groups is 1. The molecule has 2 aromatic rings. The molecule has 0 aliphatic heterocycles. The molecule has 0 aromatic heterocycles. The van der Waals surface area contributed by atoms with Crippen LogP contribution in [0, 0.1) is 0 Å². The number of rotatable bonds is 7. The Kier molecular flexibility index (Phi) is 5.46. The van der Waals surface area contributed by atoms with Crippen molar-refractivity contribution in [1.29, 1.82) is 0 Å². The van der Waals surface area contributed by atoms with Crippen molar-refractivity contribution in [3.63, 3.8) is 0 Å². The van der Waals surface area contributed by atoms with Crippen LogP contribution in [0.2, 0.25) is 0 Å². The minimum atomic E-state index is -0.125. The van der Waals surface area contributed by atoms with Gasteiger partial charge in [-0.1, -0.05) is 6.07 Å². The standard InChI is InChI=1S/C18H20O5/c1-21-13-6-7-14(16(20)11-13)15(19)8-4-12-5-9-17(22-2)18(10-12)23-3/h5-7,9-11,20H,4,8H2,1-3H3. The summed E-state index contributed by atoms with van der Waals surface area (Å²) in [6.45, 7) is 0. The van der Waals surface area contributed by atoms with Crippen molar-refractivity contribution in [1.82, 2.24) is 0 Å². The zero-order chi connectivity index (χ0) is 16.8. The number of methoxy groups -OCH3 is 3. The van der Waals surface area contributed by atoms with Gasteiger partial charge in [0, 0.05) is 12.5 Å². The van der Waals surface area contributed by atoms with Crippen LogP contribution in [0.25, 0.3) is 0 Å². The van der Waals surface area contributed by atoms with Crippen LogP contribution >= 0.6 is 0 Å². The molecule has 5 nitrogen and oxygen atoms in total. The summed E-state index contributed by atoms with van der Waals surface area (Å²) in [5.41, 5.74) is 1.26. The van der Waals surface area contributed by atoms with Crippen LogP contribution in [-0.4, -0.2) is 32.2 Å². The average molecular weight is 316 g/mol. The summed E-state index contributed by atoms with van der Waals surface area (Å²) in [6, 6.07) is 10.2. The molecule has 0 unspecified atom stereocenters. The van der Waals surface area contributed by atoms with Gasteiger partial charge in [0.25, 0.3) is 0 Å². The van der Waals surface area contributed by atoms with Crippen molar-refractivity contribution in [2.24, 2.45) is 0 Å². The van der Waals surface area contributed by atoms with Gasteiger partial charge in [-0.3, -0.25) is 4.79 Å². The molecule has 122 valence electrons. The number of hydrogen-bond acceptors (Lipinski definition) is 5. The van der Waals surface area contributed by atoms with Gasteiger partial charge < -0.3 is 19.3 Å². The van der Waals surface area contributed by atoms with Crippen LogP contribution in [0.1, 0.15) is 22.3 Å². The first-order valence-electron chi connectivity index (χ1n) is 7.20. The summed E-state index contributed by atoms with van der Waals surface area (Å²) in [5.74, 6) is 1.60. The van der Waals surface area contributed by atoms with Gasteiger partial charge in [0.05, 0.1) is 26.9 Å². The summed E-state index contributed by atoms with van der Waals surface area (Å²) in [4.78, 5) is 12.3. The Labute approximate surface area is 135 Å². The second-order valence-corrected chi connectivity index (χ2v) is 5.00. The molecule has 0 fully saturated rings. The first-order valence-corrected chi connectivity index (χ1v) is 7.20. The van der Waals surface area contributed by atoms with E-state index in [4.69, 9.17) is 14.2 Å². The van der Waals surface area contributed by atoms with Gasteiger partial charge in [0.15, 0.2) is 17.3 Å². The Bertz CT molecular complexity index is 694. The largest absolute Gasteiger partial charge is 0.507 e. The molecule has 0 atom stereocenters. The van der Waals surface area contributed by atoms with E-state index in [1.54, 1.807) is 26.4 Å². The lowest BCUT2D eigenvalue weighted by Crippen LogP contribution is -2.02. The molecule has 0 radical (unpaired) electrons. The highest BCUT2D eigenvalue weighted by Crippen LogP contribution is 2.29. The fourth-order valence-corrected chi connectivity index (χ4v) is 2.30. The number of carbonyl (C=O) groups excluding carboxylic acids is 1. The first-order chi connectivity index (χ1) is 11.1. The minimum Gasteiger partial charge on any atom is -0.507 e. The van der Waals surface area contributed by atoms with Crippen LogP contribution in [0.5, 0.6) is 23.0 Å². The van der Waals surface area contributed by atoms with E-state index in [2.05, 4.69) is 0 Å². The van der Waals surface area contributed by atoms with Crippen molar-refractivity contribution in [2.75, 3.05) is 21.3 Å². The highest BCUT2D eigenvalue weighted by atomic mass is 16.5. The van der Waals surface area contributed by atoms with Gasteiger partial charge in [-0.15, -0.1) is 0 Å². The fraction of sp³-hybridized carbons (Fsp3) is 0.278. The third-order valence-electron chi connectivity index (χ3n) is 3.59. The van der Waals surface area contributed by atoms with Gasteiger partial charge in [-0.2, -0.15) is 0 Å². The van der Waals surface area contributed by atoms with Crippen molar-refractivity contribution in [2.45, 2.75) is 12.8 Å². The summed E-state index contributed by atoms with van der Waals surface area (Å²) >= 11 is 0. The summed E-state index contributed by atoms with van der Waals surface area (Å²) in [7, 11) is 4.66. The van der Waals surface area contributed by atoms with E-state index in [1.807, 2.05) is 18.2 Å². The number of carbonyl (C=O) groups is 1. The van der Waals surface area contributed by atoms with E-state index < -0.39 is 0 Å². The second kappa shape index (κ2) is 7.54. The Morgan fingerprint density at radius 2 is 1.70 bits per heavy atom. The molecule has 2 rings (SSSR count). The molecule has 23 heavy (non-hydrogen) atoms. The number of hydrogen-bond donors (Lipinski definition) is 1. The molecule has 5 heteroatoms. The number of Topliss-reactive ketones (excluding diaryl/α,β-unsaturated/α-hetero) is 1. The van der Waals surface area contributed by atoms with Crippen molar-refractivity contribution in [3.8, 4) is 23.0 Å². The third-order valence-corrected chi connectivity index (χ3v) is 3.59. The van der Waals surface area contributed by atoms with Gasteiger partial charge in [-0.05, 0) is 36.2 Å². The number of ketones is 1. The molecule has 0 heterocycles. The number of benzene rings is 2. The highest BCUT2D eigenvalue weighted by molar-refractivity contribution is 5.98. The molecule has 0 amide bonds. The monoisotopic (exact) mass is 316 g/mol. The molecular formula is C18H20O5. The van der Waals surface area contributed by atoms with E-state index in [0.717, 1.165) is 5.56 Å². The predicted molar refractivity (Wildman–Crippen MR) is 86.9 cm³/mol. The topological polar surface area (TPSA) is 65.0 Å². The average Bonchev–Trinajstić information content (AvgIpc) is 2.59. The normalized spacial score (nSPS) is 10.2. The predicted octanol–water partition coefficient (Wildman–Crippen LogP) is 3.23. The molecule has 0 bridgehead atoms. The second-order valence-electron chi connectivity index (χ2n) is 5.00. The molecule has 2 aromatic carbocycles. The van der Waals surface area contributed by atoms with Gasteiger partial charge in [0.2, 0.25) is 0 Å². The number of phenolic OH excluding ortho intramolecular Hbond substituents is 1. The Morgan fingerprint density at radius 1 is 0.957 bits per heavy atom. The van der Waals surface area contributed by atoms with Crippen LogP contribution in [0.4, 0.5) is 0 Å². The van der Waals surface area contributed by atoms with E-state index in [1.165, 1.54) is 13.2 Å². The van der Waals surface area contributed by atoms with Gasteiger partial charge >= 0.3 is 0 Å². The van der Waals surface area contributed by atoms with E-state index in [9.17, 15) is 9.90 Å². The molecule has 0 saturated heterocycles. The number of aryl methyl sites for hydroxylation is 1. The minimum absolute atomic E-state index is 0.0679. The molecular weight excluding hydrogens is 296 g/mol. The smallest absolute Gasteiger partial charge is 0.166 e. The lowest BCUT2D eigenvalue weighted by Gasteiger charge is -2.10. The quantitative estimate of drug-likeness (QED) is 0.794. The Hall–Kier alpha value is -2.69. The Balaban J connectivity index is 2.07. The lowest BCUT2D eigenvalue weighted by molar-refractivity contribution is 0.0980. The molecule has 0 aliphatic rings. The van der Waals surface area contributed by atoms with E-state index in [0.29, 0.717) is 29.2 Å². The zero-order valence-corrected chi connectivity index (χ0v) is 13.5. The van der Waals surface area contributed by atoms with E-state index >= 15 is 0 Å². The zero-order valence-electron chi connectivity index (χ0n) is 13.5. The molecule has 0 saturated carbocycles. The maximum Gasteiger partial charge on any atom is 0.166 e. The maximum atomic E-state index is 12.3. The van der Waals surface area contributed by atoms with Crippen LogP contribution in [0.15, 0.2) is 36.4 Å². The fourth-order valence-electron chi connectivity index (χ4n) is 2.30. The first kappa shape index (κ1) is 16.7. The van der Waals surface area contributed by atoms with Crippen molar-refractivity contribution in [3.05, 3.63) is 47.5 Å². The number of phenols is 1. The highest BCUT2D eigenvalue weighted by Gasteiger charge is 2.13. The Morgan fingerprint density at radius 3 is 2.30 bits per heavy atom. The van der Waals surface area contributed by atoms with Crippen molar-refractivity contribution < 1.29 is 24.1 Å². The van der Waals surface area contributed by atoms with Crippen LogP contribution in [-0.2, 0) is 6.42 Å². The SMILES string of the molecule is COc1ccc(C(=O)CCc2ccc(OC)c(OC)c2)c(O)c1. The summed E-state index contributed by atoms with van der Waals surface area (Å²) < 4.78 is 15.4. The lowest BCUT2D eigenvalue weighted by atomic mass is 10.0. The maximum absolute atomic E-state index is 12.3. The van der Waals surface area contributed by atoms with E-state index in [-0.39, 0.29) is 18.0 Å². The summed E-state index contributed by atoms with van der Waals surface area (Å²) in [6.07, 6.45) is 0.833. The van der Waals surface area contributed by atoms with Gasteiger partial charge in [-0.25, -0.2) is 0 Å². The molecule has 0 spiro atoms. The van der Waals surface area contributed by atoms with Crippen LogP contribution < -0.4 is 14.2 Å². The number of ether oxygens (including phenoxy) is 3. The molecule has 1 N–H and O–H groups in total. The van der Waals surface area contributed by atoms with Crippen LogP contribution in [0.3, 0.4) is 0 Å². The van der Waals surface area contributed by atoms with Crippen molar-refractivity contribution >= 4 is 5.78 Å².